The summed E-state index contributed by atoms with van der Waals surface area (Å²) in [5.74, 6) is 0.258. The van der Waals surface area contributed by atoms with E-state index in [0.717, 1.165) is 24.2 Å². The van der Waals surface area contributed by atoms with Gasteiger partial charge < -0.3 is 10.2 Å². The molecule has 8 nitrogen and oxygen atoms in total. The maximum atomic E-state index is 13.0. The minimum absolute atomic E-state index is 0.0765. The third kappa shape index (κ3) is 4.12. The number of carbonyl (C=O) groups is 1. The minimum atomic E-state index is -3.50. The molecule has 2 aromatic heterocycles. The van der Waals surface area contributed by atoms with Crippen LogP contribution in [0.15, 0.2) is 72.0 Å². The molecular formula is C24H23N5O3S. The number of hydrogen-bond acceptors (Lipinski definition) is 6. The average Bonchev–Trinajstić information content (AvgIpc) is 3.24. The summed E-state index contributed by atoms with van der Waals surface area (Å²) in [6.07, 6.45) is 6.11. The molecule has 3 heterocycles. The molecule has 5 rings (SSSR count). The number of fused-ring (bicyclic) bond motifs is 1. The topological polar surface area (TPSA) is 97.2 Å². The van der Waals surface area contributed by atoms with Crippen LogP contribution in [0.2, 0.25) is 0 Å². The first-order chi connectivity index (χ1) is 15.9. The largest absolute Gasteiger partial charge is 0.336 e. The van der Waals surface area contributed by atoms with Crippen LogP contribution in [-0.2, 0) is 9.84 Å². The van der Waals surface area contributed by atoms with Crippen molar-refractivity contribution in [3.63, 3.8) is 0 Å². The quantitative estimate of drug-likeness (QED) is 0.502. The Labute approximate surface area is 191 Å². The van der Waals surface area contributed by atoms with Gasteiger partial charge in [0.2, 0.25) is 5.95 Å². The summed E-state index contributed by atoms with van der Waals surface area (Å²) in [4.78, 5) is 24.0. The SMILES string of the molecule is CS(=O)(=O)c1cn(-c2ncc(-c3ccccc3)cn2)c2cc(C(=O)N3CCNCC3)ccc12. The molecule has 168 valence electrons. The lowest BCUT2D eigenvalue weighted by molar-refractivity contribution is 0.0736. The van der Waals surface area contributed by atoms with E-state index in [2.05, 4.69) is 15.3 Å². The van der Waals surface area contributed by atoms with Crippen molar-refractivity contribution in [1.82, 2.24) is 24.8 Å². The predicted octanol–water partition coefficient (Wildman–Crippen LogP) is 2.54. The zero-order chi connectivity index (χ0) is 23.0. The summed E-state index contributed by atoms with van der Waals surface area (Å²) in [7, 11) is -3.50. The molecule has 1 aliphatic heterocycles. The van der Waals surface area contributed by atoms with E-state index in [0.29, 0.717) is 35.5 Å². The Balaban J connectivity index is 1.60. The summed E-state index contributed by atoms with van der Waals surface area (Å²) in [5, 5.41) is 3.77. The van der Waals surface area contributed by atoms with Gasteiger partial charge in [0.25, 0.3) is 5.91 Å². The van der Waals surface area contributed by atoms with E-state index in [1.165, 1.54) is 12.5 Å². The molecular weight excluding hydrogens is 438 g/mol. The first-order valence-corrected chi connectivity index (χ1v) is 12.5. The number of hydrogen-bond donors (Lipinski definition) is 1. The van der Waals surface area contributed by atoms with Crippen LogP contribution in [0.5, 0.6) is 0 Å². The van der Waals surface area contributed by atoms with E-state index in [9.17, 15) is 13.2 Å². The molecule has 33 heavy (non-hydrogen) atoms. The highest BCUT2D eigenvalue weighted by molar-refractivity contribution is 7.91. The van der Waals surface area contributed by atoms with Gasteiger partial charge in [-0.1, -0.05) is 36.4 Å². The Morgan fingerprint density at radius 1 is 0.970 bits per heavy atom. The van der Waals surface area contributed by atoms with Gasteiger partial charge in [-0.3, -0.25) is 9.36 Å². The van der Waals surface area contributed by atoms with Gasteiger partial charge in [-0.15, -0.1) is 0 Å². The summed E-state index contributed by atoms with van der Waals surface area (Å²) in [6, 6.07) is 14.9. The molecule has 0 aliphatic carbocycles. The van der Waals surface area contributed by atoms with Gasteiger partial charge in [0, 0.05) is 67.5 Å². The van der Waals surface area contributed by atoms with Crippen molar-refractivity contribution in [2.45, 2.75) is 4.90 Å². The van der Waals surface area contributed by atoms with E-state index in [1.54, 1.807) is 40.1 Å². The van der Waals surface area contributed by atoms with Gasteiger partial charge >= 0.3 is 0 Å². The fraction of sp³-hybridized carbons (Fsp3) is 0.208. The van der Waals surface area contributed by atoms with E-state index >= 15 is 0 Å². The lowest BCUT2D eigenvalue weighted by Gasteiger charge is -2.27. The van der Waals surface area contributed by atoms with Crippen molar-refractivity contribution in [3.8, 4) is 17.1 Å². The fourth-order valence-electron chi connectivity index (χ4n) is 4.07. The van der Waals surface area contributed by atoms with Crippen molar-refractivity contribution in [2.24, 2.45) is 0 Å². The second-order valence-electron chi connectivity index (χ2n) is 8.05. The Bertz CT molecular complexity index is 1420. The number of piperazine rings is 1. The molecule has 4 aromatic rings. The summed E-state index contributed by atoms with van der Waals surface area (Å²) < 4.78 is 26.6. The number of benzene rings is 2. The van der Waals surface area contributed by atoms with Gasteiger partial charge in [-0.25, -0.2) is 18.4 Å². The van der Waals surface area contributed by atoms with Crippen LogP contribution in [0.4, 0.5) is 0 Å². The van der Waals surface area contributed by atoms with E-state index < -0.39 is 9.84 Å². The van der Waals surface area contributed by atoms with Gasteiger partial charge in [0.15, 0.2) is 9.84 Å². The van der Waals surface area contributed by atoms with Gasteiger partial charge in [-0.05, 0) is 17.7 Å². The van der Waals surface area contributed by atoms with Crippen molar-refractivity contribution >= 4 is 26.6 Å². The molecule has 1 saturated heterocycles. The molecule has 0 unspecified atom stereocenters. The molecule has 0 bridgehead atoms. The molecule has 0 spiro atoms. The molecule has 9 heteroatoms. The third-order valence-electron chi connectivity index (χ3n) is 5.78. The molecule has 0 radical (unpaired) electrons. The highest BCUT2D eigenvalue weighted by atomic mass is 32.2. The summed E-state index contributed by atoms with van der Waals surface area (Å²) >= 11 is 0. The van der Waals surface area contributed by atoms with Crippen LogP contribution in [0.3, 0.4) is 0 Å². The van der Waals surface area contributed by atoms with Crippen molar-refractivity contribution in [1.29, 1.82) is 0 Å². The highest BCUT2D eigenvalue weighted by Crippen LogP contribution is 2.29. The first kappa shape index (κ1) is 21.3. The number of amides is 1. The van der Waals surface area contributed by atoms with Crippen LogP contribution < -0.4 is 5.32 Å². The van der Waals surface area contributed by atoms with E-state index in [4.69, 9.17) is 0 Å². The molecule has 2 aromatic carbocycles. The number of aromatic nitrogens is 3. The number of nitrogens with zero attached hydrogens (tertiary/aromatic N) is 4. The first-order valence-electron chi connectivity index (χ1n) is 10.6. The normalized spacial score (nSPS) is 14.5. The number of nitrogens with one attached hydrogen (secondary N) is 1. The Hall–Kier alpha value is -3.56. The van der Waals surface area contributed by atoms with Crippen LogP contribution >= 0.6 is 0 Å². The molecule has 0 saturated carbocycles. The predicted molar refractivity (Wildman–Crippen MR) is 126 cm³/mol. The number of sulfone groups is 1. The molecule has 1 fully saturated rings. The zero-order valence-electron chi connectivity index (χ0n) is 18.1. The van der Waals surface area contributed by atoms with Crippen molar-refractivity contribution in [3.05, 3.63) is 72.7 Å². The van der Waals surface area contributed by atoms with Gasteiger partial charge in [0.05, 0.1) is 10.4 Å². The monoisotopic (exact) mass is 461 g/mol. The fourth-order valence-corrected chi connectivity index (χ4v) is 4.93. The number of carbonyl (C=O) groups excluding carboxylic acids is 1. The smallest absolute Gasteiger partial charge is 0.254 e. The van der Waals surface area contributed by atoms with Crippen molar-refractivity contribution in [2.75, 3.05) is 32.4 Å². The summed E-state index contributed by atoms with van der Waals surface area (Å²) in [6.45, 7) is 2.78. The van der Waals surface area contributed by atoms with E-state index in [1.807, 2.05) is 30.3 Å². The Kier molecular flexibility index (Phi) is 5.43. The maximum Gasteiger partial charge on any atom is 0.254 e. The highest BCUT2D eigenvalue weighted by Gasteiger charge is 2.22. The molecule has 1 N–H and O–H groups in total. The molecule has 0 atom stereocenters. The Morgan fingerprint density at radius 3 is 2.33 bits per heavy atom. The van der Waals surface area contributed by atoms with Crippen molar-refractivity contribution < 1.29 is 13.2 Å². The maximum absolute atomic E-state index is 13.0. The standard InChI is InChI=1S/C24H23N5O3S/c1-33(31,32)22-16-29(24-26-14-19(15-27-24)17-5-3-2-4-6-17)21-13-18(7-8-20(21)22)23(30)28-11-9-25-10-12-28/h2-8,13-16,25H,9-12H2,1H3. The summed E-state index contributed by atoms with van der Waals surface area (Å²) in [5.41, 5.74) is 2.92. The molecule has 1 aliphatic rings. The minimum Gasteiger partial charge on any atom is -0.336 e. The van der Waals surface area contributed by atoms with Crippen LogP contribution in [-0.4, -0.2) is 66.2 Å². The van der Waals surface area contributed by atoms with Crippen LogP contribution in [0.1, 0.15) is 10.4 Å². The lowest BCUT2D eigenvalue weighted by Crippen LogP contribution is -2.46. The average molecular weight is 462 g/mol. The lowest BCUT2D eigenvalue weighted by atomic mass is 10.1. The molecule has 1 amide bonds. The second kappa shape index (κ2) is 8.42. The Morgan fingerprint density at radius 2 is 1.67 bits per heavy atom. The van der Waals surface area contributed by atoms with Crippen LogP contribution in [0.25, 0.3) is 28.0 Å². The third-order valence-corrected chi connectivity index (χ3v) is 6.90. The van der Waals surface area contributed by atoms with Gasteiger partial charge in [0.1, 0.15) is 0 Å². The zero-order valence-corrected chi connectivity index (χ0v) is 18.9. The second-order valence-corrected chi connectivity index (χ2v) is 10.0. The van der Waals surface area contributed by atoms with E-state index in [-0.39, 0.29) is 10.8 Å². The van der Waals surface area contributed by atoms with Crippen LogP contribution in [0, 0.1) is 0 Å². The van der Waals surface area contributed by atoms with Gasteiger partial charge in [-0.2, -0.15) is 0 Å². The number of rotatable bonds is 4.